The van der Waals surface area contributed by atoms with Crippen molar-refractivity contribution >= 4 is 0 Å². The second-order valence-corrected chi connectivity index (χ2v) is 5.70. The first kappa shape index (κ1) is 11.0. The van der Waals surface area contributed by atoms with Gasteiger partial charge in [0, 0.05) is 30.3 Å². The van der Waals surface area contributed by atoms with Crippen LogP contribution in [0.4, 0.5) is 0 Å². The maximum Gasteiger partial charge on any atom is 0.251 e. The zero-order chi connectivity index (χ0) is 12.0. The molecule has 2 aliphatic heterocycles. The van der Waals surface area contributed by atoms with E-state index in [0.29, 0.717) is 5.92 Å². The summed E-state index contributed by atoms with van der Waals surface area (Å²) in [5.41, 5.74) is 2.72. The number of hydrogen-bond donors (Lipinski definition) is 1. The lowest BCUT2D eigenvalue weighted by atomic mass is 9.69. The Kier molecular flexibility index (Phi) is 2.40. The maximum atomic E-state index is 12.1. The first-order chi connectivity index (χ1) is 8.14. The standard InChI is InChI=1S/C14H20N2O/c1-3-14-6-11(7-15-9-14)8-16-12(14)4-10(2)5-13(16)17/h4-5,11,15H,3,6-9H2,1-2H3. The van der Waals surface area contributed by atoms with Crippen LogP contribution in [0.2, 0.25) is 0 Å². The van der Waals surface area contributed by atoms with Gasteiger partial charge in [-0.1, -0.05) is 6.92 Å². The first-order valence-corrected chi connectivity index (χ1v) is 6.57. The number of rotatable bonds is 1. The van der Waals surface area contributed by atoms with Crippen molar-refractivity contribution in [3.05, 3.63) is 33.7 Å². The Hall–Kier alpha value is -1.09. The molecule has 3 heteroatoms. The summed E-state index contributed by atoms with van der Waals surface area (Å²) in [6.45, 7) is 7.23. The first-order valence-electron chi connectivity index (χ1n) is 6.57. The smallest absolute Gasteiger partial charge is 0.251 e. The predicted octanol–water partition coefficient (Wildman–Crippen LogP) is 1.43. The van der Waals surface area contributed by atoms with Crippen LogP contribution in [0, 0.1) is 12.8 Å². The average molecular weight is 232 g/mol. The molecule has 0 aliphatic carbocycles. The molecule has 0 saturated carbocycles. The molecule has 0 radical (unpaired) electrons. The number of aryl methyl sites for hydroxylation is 1. The minimum atomic E-state index is 0.185. The SMILES string of the molecule is CCC12CNCC(Cn3c1cc(C)cc3=O)C2. The molecule has 1 saturated heterocycles. The Bertz CT molecular complexity index is 505. The molecule has 1 aromatic rings. The Balaban J connectivity index is 2.23. The van der Waals surface area contributed by atoms with Crippen LogP contribution in [-0.2, 0) is 12.0 Å². The highest BCUT2D eigenvalue weighted by molar-refractivity contribution is 5.27. The van der Waals surface area contributed by atoms with E-state index in [9.17, 15) is 4.79 Å². The van der Waals surface area contributed by atoms with Gasteiger partial charge in [0.1, 0.15) is 0 Å². The number of nitrogens with zero attached hydrogens (tertiary/aromatic N) is 1. The molecule has 3 nitrogen and oxygen atoms in total. The molecule has 3 heterocycles. The molecule has 2 bridgehead atoms. The number of nitrogens with one attached hydrogen (secondary N) is 1. The molecule has 1 N–H and O–H groups in total. The summed E-state index contributed by atoms with van der Waals surface area (Å²) in [5.74, 6) is 0.622. The van der Waals surface area contributed by atoms with Crippen LogP contribution in [0.1, 0.15) is 31.0 Å². The topological polar surface area (TPSA) is 34.0 Å². The second kappa shape index (κ2) is 3.70. The van der Waals surface area contributed by atoms with Crippen molar-refractivity contribution in [1.82, 2.24) is 9.88 Å². The van der Waals surface area contributed by atoms with E-state index in [1.54, 1.807) is 6.07 Å². The third-order valence-electron chi connectivity index (χ3n) is 4.51. The van der Waals surface area contributed by atoms with Gasteiger partial charge in [-0.05, 0) is 43.9 Å². The summed E-state index contributed by atoms with van der Waals surface area (Å²) in [6, 6.07) is 3.98. The highest BCUT2D eigenvalue weighted by Crippen LogP contribution is 2.40. The van der Waals surface area contributed by atoms with E-state index in [-0.39, 0.29) is 11.0 Å². The molecule has 2 atom stereocenters. The fourth-order valence-electron chi connectivity index (χ4n) is 3.60. The minimum absolute atomic E-state index is 0.185. The molecule has 92 valence electrons. The van der Waals surface area contributed by atoms with E-state index in [1.165, 1.54) is 12.1 Å². The number of aromatic nitrogens is 1. The third-order valence-corrected chi connectivity index (χ3v) is 4.51. The number of pyridine rings is 1. The number of fused-ring (bicyclic) bond motifs is 4. The summed E-state index contributed by atoms with van der Waals surface area (Å²) in [6.07, 6.45) is 2.35. The highest BCUT2D eigenvalue weighted by atomic mass is 16.1. The minimum Gasteiger partial charge on any atom is -0.315 e. The zero-order valence-corrected chi connectivity index (χ0v) is 10.6. The van der Waals surface area contributed by atoms with E-state index in [4.69, 9.17) is 0 Å². The lowest BCUT2D eigenvalue weighted by Crippen LogP contribution is -2.54. The summed E-state index contributed by atoms with van der Waals surface area (Å²) in [4.78, 5) is 12.1. The van der Waals surface area contributed by atoms with E-state index < -0.39 is 0 Å². The van der Waals surface area contributed by atoms with Crippen molar-refractivity contribution in [2.45, 2.75) is 38.6 Å². The van der Waals surface area contributed by atoms with Gasteiger partial charge in [-0.25, -0.2) is 0 Å². The predicted molar refractivity (Wildman–Crippen MR) is 68.4 cm³/mol. The molecule has 2 unspecified atom stereocenters. The van der Waals surface area contributed by atoms with Gasteiger partial charge in [0.05, 0.1) is 0 Å². The quantitative estimate of drug-likeness (QED) is 0.794. The van der Waals surface area contributed by atoms with E-state index in [0.717, 1.165) is 31.6 Å². The van der Waals surface area contributed by atoms with Gasteiger partial charge in [0.2, 0.25) is 0 Å². The molecule has 0 spiro atoms. The van der Waals surface area contributed by atoms with Crippen LogP contribution in [0.15, 0.2) is 16.9 Å². The number of piperidine rings is 1. The molecule has 3 rings (SSSR count). The van der Waals surface area contributed by atoms with Gasteiger partial charge >= 0.3 is 0 Å². The Morgan fingerprint density at radius 3 is 3.12 bits per heavy atom. The molecule has 2 aliphatic rings. The largest absolute Gasteiger partial charge is 0.315 e. The highest BCUT2D eigenvalue weighted by Gasteiger charge is 2.42. The second-order valence-electron chi connectivity index (χ2n) is 5.70. The van der Waals surface area contributed by atoms with E-state index in [2.05, 4.69) is 18.3 Å². The molecule has 0 aromatic carbocycles. The fourth-order valence-corrected chi connectivity index (χ4v) is 3.60. The summed E-state index contributed by atoms with van der Waals surface area (Å²) < 4.78 is 2.02. The molecule has 0 amide bonds. The van der Waals surface area contributed by atoms with Crippen molar-refractivity contribution in [3.8, 4) is 0 Å². The van der Waals surface area contributed by atoms with Gasteiger partial charge in [0.15, 0.2) is 0 Å². The average Bonchev–Trinajstić information content (AvgIpc) is 2.31. The van der Waals surface area contributed by atoms with Crippen LogP contribution in [0.5, 0.6) is 0 Å². The fraction of sp³-hybridized carbons (Fsp3) is 0.643. The zero-order valence-electron chi connectivity index (χ0n) is 10.6. The maximum absolute atomic E-state index is 12.1. The van der Waals surface area contributed by atoms with Gasteiger partial charge in [0.25, 0.3) is 5.56 Å². The lowest BCUT2D eigenvalue weighted by Gasteiger charge is -2.47. The summed E-state index contributed by atoms with van der Waals surface area (Å²) in [7, 11) is 0. The normalized spacial score (nSPS) is 31.1. The van der Waals surface area contributed by atoms with Crippen molar-refractivity contribution in [3.63, 3.8) is 0 Å². The molecular formula is C14H20N2O. The Labute approximate surface area is 102 Å². The van der Waals surface area contributed by atoms with Crippen LogP contribution < -0.4 is 10.9 Å². The monoisotopic (exact) mass is 232 g/mol. The Morgan fingerprint density at radius 2 is 2.35 bits per heavy atom. The van der Waals surface area contributed by atoms with Crippen LogP contribution >= 0.6 is 0 Å². The van der Waals surface area contributed by atoms with Crippen LogP contribution in [0.3, 0.4) is 0 Å². The van der Waals surface area contributed by atoms with Gasteiger partial charge in [-0.15, -0.1) is 0 Å². The summed E-state index contributed by atoms with van der Waals surface area (Å²) >= 11 is 0. The van der Waals surface area contributed by atoms with Crippen LogP contribution in [0.25, 0.3) is 0 Å². The van der Waals surface area contributed by atoms with E-state index >= 15 is 0 Å². The van der Waals surface area contributed by atoms with Crippen molar-refractivity contribution in [1.29, 1.82) is 0 Å². The van der Waals surface area contributed by atoms with Crippen molar-refractivity contribution in [2.75, 3.05) is 13.1 Å². The molecular weight excluding hydrogens is 212 g/mol. The third kappa shape index (κ3) is 1.56. The lowest BCUT2D eigenvalue weighted by molar-refractivity contribution is 0.166. The van der Waals surface area contributed by atoms with E-state index in [1.807, 2.05) is 11.5 Å². The van der Waals surface area contributed by atoms with Gasteiger partial charge in [-0.2, -0.15) is 0 Å². The Morgan fingerprint density at radius 1 is 1.53 bits per heavy atom. The van der Waals surface area contributed by atoms with Crippen molar-refractivity contribution < 1.29 is 0 Å². The number of hydrogen-bond acceptors (Lipinski definition) is 2. The summed E-state index contributed by atoms with van der Waals surface area (Å²) in [5, 5.41) is 3.54. The molecule has 17 heavy (non-hydrogen) atoms. The van der Waals surface area contributed by atoms with Gasteiger partial charge < -0.3 is 9.88 Å². The van der Waals surface area contributed by atoms with Crippen molar-refractivity contribution in [2.24, 2.45) is 5.92 Å². The molecule has 1 fully saturated rings. The molecule has 1 aromatic heterocycles. The van der Waals surface area contributed by atoms with Crippen LogP contribution in [-0.4, -0.2) is 17.7 Å². The van der Waals surface area contributed by atoms with Gasteiger partial charge in [-0.3, -0.25) is 4.79 Å².